The molecule has 0 bridgehead atoms. The third-order valence-electron chi connectivity index (χ3n) is 3.36. The topological polar surface area (TPSA) is 45.0 Å². The lowest BCUT2D eigenvalue weighted by Gasteiger charge is -2.14. The molecule has 0 aromatic heterocycles. The Labute approximate surface area is 126 Å². The molecule has 1 unspecified atom stereocenters. The predicted molar refractivity (Wildman–Crippen MR) is 84.0 cm³/mol. The third kappa shape index (κ3) is 4.34. The van der Waals surface area contributed by atoms with Crippen molar-refractivity contribution in [2.45, 2.75) is 26.5 Å². The van der Waals surface area contributed by atoms with Crippen LogP contribution in [0.3, 0.4) is 0 Å². The first-order valence-electron chi connectivity index (χ1n) is 7.18. The van der Waals surface area contributed by atoms with E-state index in [1.807, 2.05) is 36.4 Å². The Hall–Kier alpha value is -2.31. The summed E-state index contributed by atoms with van der Waals surface area (Å²) in [5, 5.41) is 12.2. The molecule has 3 heteroatoms. The third-order valence-corrected chi connectivity index (χ3v) is 3.36. The zero-order chi connectivity index (χ0) is 15.1. The van der Waals surface area contributed by atoms with Crippen molar-refractivity contribution in [1.29, 1.82) is 5.26 Å². The van der Waals surface area contributed by atoms with Gasteiger partial charge in [-0.05, 0) is 48.9 Å². The van der Waals surface area contributed by atoms with E-state index in [2.05, 4.69) is 37.4 Å². The lowest BCUT2D eigenvalue weighted by Crippen LogP contribution is -2.17. The van der Waals surface area contributed by atoms with Crippen molar-refractivity contribution in [2.24, 2.45) is 0 Å². The first kappa shape index (κ1) is 15.1. The maximum atomic E-state index is 8.78. The minimum absolute atomic E-state index is 0.313. The van der Waals surface area contributed by atoms with Gasteiger partial charge in [0.15, 0.2) is 0 Å². The fourth-order valence-electron chi connectivity index (χ4n) is 2.14. The summed E-state index contributed by atoms with van der Waals surface area (Å²) in [4.78, 5) is 0. The summed E-state index contributed by atoms with van der Waals surface area (Å²) in [6.45, 7) is 5.69. The van der Waals surface area contributed by atoms with Gasteiger partial charge in [0, 0.05) is 6.04 Å². The highest BCUT2D eigenvalue weighted by molar-refractivity contribution is 5.33. The molecule has 0 fully saturated rings. The zero-order valence-corrected chi connectivity index (χ0v) is 12.5. The van der Waals surface area contributed by atoms with E-state index in [1.165, 1.54) is 5.56 Å². The molecule has 0 aliphatic carbocycles. The van der Waals surface area contributed by atoms with Gasteiger partial charge >= 0.3 is 0 Å². The number of rotatable bonds is 6. The van der Waals surface area contributed by atoms with Gasteiger partial charge in [0.1, 0.15) is 12.4 Å². The Bertz CT molecular complexity index is 614. The highest BCUT2D eigenvalue weighted by atomic mass is 16.5. The molecule has 0 aliphatic heterocycles. The Morgan fingerprint density at radius 2 is 1.95 bits per heavy atom. The van der Waals surface area contributed by atoms with Crippen LogP contribution >= 0.6 is 0 Å². The molecule has 0 aliphatic rings. The molecule has 0 saturated carbocycles. The first-order valence-corrected chi connectivity index (χ1v) is 7.18. The van der Waals surface area contributed by atoms with E-state index in [0.29, 0.717) is 18.2 Å². The summed E-state index contributed by atoms with van der Waals surface area (Å²) >= 11 is 0. The van der Waals surface area contributed by atoms with Crippen molar-refractivity contribution >= 4 is 0 Å². The molecule has 0 spiro atoms. The summed E-state index contributed by atoms with van der Waals surface area (Å²) in [6.07, 6.45) is 0. The highest BCUT2D eigenvalue weighted by Crippen LogP contribution is 2.20. The van der Waals surface area contributed by atoms with Crippen LogP contribution in [0.5, 0.6) is 5.75 Å². The average molecular weight is 280 g/mol. The lowest BCUT2D eigenvalue weighted by atomic mass is 10.1. The fourth-order valence-corrected chi connectivity index (χ4v) is 2.14. The quantitative estimate of drug-likeness (QED) is 0.875. The average Bonchev–Trinajstić information content (AvgIpc) is 2.54. The van der Waals surface area contributed by atoms with E-state index in [0.717, 1.165) is 17.9 Å². The summed E-state index contributed by atoms with van der Waals surface area (Å²) in [5.41, 5.74) is 2.94. The molecule has 21 heavy (non-hydrogen) atoms. The van der Waals surface area contributed by atoms with Crippen LogP contribution < -0.4 is 10.1 Å². The fraction of sp³-hybridized carbons (Fsp3) is 0.278. The predicted octanol–water partition coefficient (Wildman–Crippen LogP) is 3.81. The van der Waals surface area contributed by atoms with Crippen molar-refractivity contribution < 1.29 is 4.74 Å². The minimum atomic E-state index is 0.313. The van der Waals surface area contributed by atoms with Crippen molar-refractivity contribution in [2.75, 3.05) is 6.54 Å². The minimum Gasteiger partial charge on any atom is -0.489 e. The van der Waals surface area contributed by atoms with Gasteiger partial charge in [-0.3, -0.25) is 0 Å². The molecule has 1 N–H and O–H groups in total. The van der Waals surface area contributed by atoms with Crippen molar-refractivity contribution in [3.8, 4) is 11.8 Å². The second-order valence-corrected chi connectivity index (χ2v) is 4.95. The van der Waals surface area contributed by atoms with E-state index < -0.39 is 0 Å². The number of nitrogens with one attached hydrogen (secondary N) is 1. The molecule has 2 aromatic rings. The Morgan fingerprint density at radius 3 is 2.62 bits per heavy atom. The summed E-state index contributed by atoms with van der Waals surface area (Å²) in [6, 6.07) is 18.0. The van der Waals surface area contributed by atoms with E-state index >= 15 is 0 Å². The first-order chi connectivity index (χ1) is 10.2. The van der Waals surface area contributed by atoms with Gasteiger partial charge in [0.2, 0.25) is 0 Å². The summed E-state index contributed by atoms with van der Waals surface area (Å²) < 4.78 is 5.82. The number of ether oxygens (including phenoxy) is 1. The molecule has 2 rings (SSSR count). The second-order valence-electron chi connectivity index (χ2n) is 4.95. The smallest absolute Gasteiger partial charge is 0.120 e. The van der Waals surface area contributed by atoms with Gasteiger partial charge in [-0.25, -0.2) is 0 Å². The largest absolute Gasteiger partial charge is 0.489 e. The SMILES string of the molecule is CCNC(C)c1cccc(OCc2ccc(C#N)cc2)c1. The molecular formula is C18H20N2O. The van der Waals surface area contributed by atoms with E-state index in [-0.39, 0.29) is 0 Å². The number of nitriles is 1. The second kappa shape index (κ2) is 7.47. The summed E-state index contributed by atoms with van der Waals surface area (Å²) in [5.74, 6) is 0.863. The van der Waals surface area contributed by atoms with Crippen LogP contribution in [0.1, 0.15) is 36.6 Å². The molecule has 3 nitrogen and oxygen atoms in total. The van der Waals surface area contributed by atoms with Gasteiger partial charge in [-0.2, -0.15) is 5.26 Å². The number of nitrogens with zero attached hydrogens (tertiary/aromatic N) is 1. The Morgan fingerprint density at radius 1 is 1.19 bits per heavy atom. The van der Waals surface area contributed by atoms with Gasteiger partial charge in [0.05, 0.1) is 11.6 Å². The number of hydrogen-bond donors (Lipinski definition) is 1. The van der Waals surface area contributed by atoms with Crippen molar-refractivity contribution in [3.05, 3.63) is 65.2 Å². The van der Waals surface area contributed by atoms with Crippen LogP contribution in [0.2, 0.25) is 0 Å². The van der Waals surface area contributed by atoms with E-state index in [1.54, 1.807) is 0 Å². The molecule has 1 atom stereocenters. The lowest BCUT2D eigenvalue weighted by molar-refractivity contribution is 0.305. The molecule has 0 radical (unpaired) electrons. The van der Waals surface area contributed by atoms with E-state index in [4.69, 9.17) is 10.00 Å². The maximum Gasteiger partial charge on any atom is 0.120 e. The highest BCUT2D eigenvalue weighted by Gasteiger charge is 2.05. The molecular weight excluding hydrogens is 260 g/mol. The Balaban J connectivity index is 1.99. The molecule has 0 heterocycles. The standard InChI is InChI=1S/C18H20N2O/c1-3-20-14(2)17-5-4-6-18(11-17)21-13-16-9-7-15(12-19)8-10-16/h4-11,14,20H,3,13H2,1-2H3. The number of benzene rings is 2. The van der Waals surface area contributed by atoms with Gasteiger partial charge in [0.25, 0.3) is 0 Å². The van der Waals surface area contributed by atoms with Crippen LogP contribution in [-0.4, -0.2) is 6.54 Å². The van der Waals surface area contributed by atoms with Crippen LogP contribution in [0, 0.1) is 11.3 Å². The molecule has 0 amide bonds. The number of hydrogen-bond acceptors (Lipinski definition) is 3. The van der Waals surface area contributed by atoms with E-state index in [9.17, 15) is 0 Å². The van der Waals surface area contributed by atoms with Crippen LogP contribution in [0.15, 0.2) is 48.5 Å². The van der Waals surface area contributed by atoms with Crippen LogP contribution in [-0.2, 0) is 6.61 Å². The van der Waals surface area contributed by atoms with Crippen molar-refractivity contribution in [3.63, 3.8) is 0 Å². The van der Waals surface area contributed by atoms with Gasteiger partial charge in [-0.1, -0.05) is 31.2 Å². The van der Waals surface area contributed by atoms with Crippen LogP contribution in [0.25, 0.3) is 0 Å². The monoisotopic (exact) mass is 280 g/mol. The molecule has 108 valence electrons. The molecule has 2 aromatic carbocycles. The maximum absolute atomic E-state index is 8.78. The van der Waals surface area contributed by atoms with Crippen molar-refractivity contribution in [1.82, 2.24) is 5.32 Å². The molecule has 0 saturated heterocycles. The zero-order valence-electron chi connectivity index (χ0n) is 12.5. The van der Waals surface area contributed by atoms with Gasteiger partial charge < -0.3 is 10.1 Å². The summed E-state index contributed by atoms with van der Waals surface area (Å²) in [7, 11) is 0. The van der Waals surface area contributed by atoms with Gasteiger partial charge in [-0.15, -0.1) is 0 Å². The van der Waals surface area contributed by atoms with Crippen LogP contribution in [0.4, 0.5) is 0 Å². The Kier molecular flexibility index (Phi) is 5.36. The normalized spacial score (nSPS) is 11.7.